The van der Waals surface area contributed by atoms with Crippen molar-refractivity contribution in [1.29, 1.82) is 0 Å². The third-order valence-corrected chi connectivity index (χ3v) is 5.51. The molecule has 0 aliphatic carbocycles. The van der Waals surface area contributed by atoms with Gasteiger partial charge in [-0.25, -0.2) is 9.78 Å². The van der Waals surface area contributed by atoms with E-state index in [1.165, 1.54) is 4.90 Å². The average Bonchev–Trinajstić information content (AvgIpc) is 2.61. The molecule has 2 rings (SSSR count). The molecule has 1 heterocycles. The highest BCUT2D eigenvalue weighted by molar-refractivity contribution is 7.99. The van der Waals surface area contributed by atoms with Crippen LogP contribution in [-0.4, -0.2) is 45.9 Å². The minimum Gasteiger partial charge on any atom is -0.351 e. The van der Waals surface area contributed by atoms with E-state index in [4.69, 9.17) is 5.73 Å². The Hall–Kier alpha value is -2.39. The summed E-state index contributed by atoms with van der Waals surface area (Å²) in [6.45, 7) is 9.86. The fourth-order valence-corrected chi connectivity index (χ4v) is 4.07. The molecular weight excluding hydrogens is 378 g/mol. The number of thioether (sulfide) groups is 1. The summed E-state index contributed by atoms with van der Waals surface area (Å²) in [4.78, 5) is 41.6. The van der Waals surface area contributed by atoms with Crippen molar-refractivity contribution >= 4 is 34.6 Å². The van der Waals surface area contributed by atoms with Crippen LogP contribution in [0.25, 0.3) is 10.9 Å². The number of nitrogens with zero attached hydrogens (tertiary/aromatic N) is 2. The second-order valence-corrected chi connectivity index (χ2v) is 8.15. The summed E-state index contributed by atoms with van der Waals surface area (Å²) < 4.78 is 1.62. The van der Waals surface area contributed by atoms with E-state index < -0.39 is 11.9 Å². The molecule has 0 saturated carbocycles. The van der Waals surface area contributed by atoms with Crippen molar-refractivity contribution in [1.82, 2.24) is 14.9 Å². The number of quaternary nitrogens is 1. The molecule has 152 valence electrons. The van der Waals surface area contributed by atoms with Gasteiger partial charge in [0.05, 0.1) is 41.8 Å². The minimum atomic E-state index is -0.900. The standard InChI is InChI=1S/C19H27N5O3S/c1-12(2)23(13(3)4)9-10-24-17(26)14-7-5-6-8-15(14)21-19(24)28-11-16(25)22-18(20)27/h5-8,12-13H,9-11H2,1-4H3,(H3,20,22,25,27)/p+1. The maximum Gasteiger partial charge on any atom is 0.318 e. The van der Waals surface area contributed by atoms with Gasteiger partial charge in [-0.05, 0) is 39.8 Å². The van der Waals surface area contributed by atoms with E-state index in [-0.39, 0.29) is 11.3 Å². The molecule has 2 aromatic rings. The Morgan fingerprint density at radius 3 is 2.46 bits per heavy atom. The number of para-hydroxylation sites is 1. The van der Waals surface area contributed by atoms with E-state index in [1.54, 1.807) is 16.7 Å². The SMILES string of the molecule is CC(C)[NH+](CCn1c(SCC(=O)NC(N)=O)nc2ccccc2c1=O)C(C)C. The van der Waals surface area contributed by atoms with Gasteiger partial charge < -0.3 is 10.6 Å². The van der Waals surface area contributed by atoms with Crippen LogP contribution in [0, 0.1) is 0 Å². The molecule has 9 heteroatoms. The zero-order valence-electron chi connectivity index (χ0n) is 16.7. The Kier molecular flexibility index (Phi) is 7.59. The molecule has 1 aromatic carbocycles. The van der Waals surface area contributed by atoms with Gasteiger partial charge in [-0.1, -0.05) is 23.9 Å². The Morgan fingerprint density at radius 1 is 1.21 bits per heavy atom. The largest absolute Gasteiger partial charge is 0.351 e. The number of nitrogens with two attached hydrogens (primary N) is 1. The molecule has 0 saturated heterocycles. The Morgan fingerprint density at radius 2 is 1.86 bits per heavy atom. The predicted molar refractivity (Wildman–Crippen MR) is 111 cm³/mol. The van der Waals surface area contributed by atoms with Crippen molar-refractivity contribution < 1.29 is 14.5 Å². The average molecular weight is 407 g/mol. The highest BCUT2D eigenvalue weighted by Gasteiger charge is 2.19. The van der Waals surface area contributed by atoms with Gasteiger partial charge in [0.1, 0.15) is 0 Å². The zero-order chi connectivity index (χ0) is 20.8. The van der Waals surface area contributed by atoms with Crippen molar-refractivity contribution in [2.45, 2.75) is 51.5 Å². The van der Waals surface area contributed by atoms with Gasteiger partial charge in [0, 0.05) is 0 Å². The van der Waals surface area contributed by atoms with Crippen LogP contribution in [0.1, 0.15) is 27.7 Å². The summed E-state index contributed by atoms with van der Waals surface area (Å²) in [6, 6.07) is 7.09. The first-order valence-corrected chi connectivity index (χ1v) is 10.3. The summed E-state index contributed by atoms with van der Waals surface area (Å²) in [5.74, 6) is -0.582. The number of aromatic nitrogens is 2. The van der Waals surface area contributed by atoms with Crippen molar-refractivity contribution in [2.75, 3.05) is 12.3 Å². The Bertz CT molecular complexity index is 902. The second kappa shape index (κ2) is 9.70. The number of imide groups is 1. The smallest absolute Gasteiger partial charge is 0.318 e. The highest BCUT2D eigenvalue weighted by atomic mass is 32.2. The van der Waals surface area contributed by atoms with Gasteiger partial charge in [0.15, 0.2) is 5.16 Å². The first-order chi connectivity index (χ1) is 13.2. The van der Waals surface area contributed by atoms with Crippen LogP contribution in [-0.2, 0) is 11.3 Å². The van der Waals surface area contributed by atoms with Crippen molar-refractivity contribution in [3.63, 3.8) is 0 Å². The number of hydrogen-bond donors (Lipinski definition) is 3. The fourth-order valence-electron chi connectivity index (χ4n) is 3.24. The van der Waals surface area contributed by atoms with Crippen LogP contribution in [0.2, 0.25) is 0 Å². The van der Waals surface area contributed by atoms with Crippen LogP contribution >= 0.6 is 11.8 Å². The van der Waals surface area contributed by atoms with Crippen molar-refractivity contribution in [2.24, 2.45) is 5.73 Å². The number of amides is 3. The molecule has 4 N–H and O–H groups in total. The normalized spacial score (nSPS) is 11.5. The molecule has 0 unspecified atom stereocenters. The van der Waals surface area contributed by atoms with Gasteiger partial charge in [-0.2, -0.15) is 0 Å². The summed E-state index contributed by atoms with van der Waals surface area (Å²) >= 11 is 1.12. The summed E-state index contributed by atoms with van der Waals surface area (Å²) in [5.41, 5.74) is 5.43. The number of fused-ring (bicyclic) bond motifs is 1. The number of primary amides is 1. The molecule has 0 atom stereocenters. The van der Waals surface area contributed by atoms with E-state index in [0.29, 0.717) is 34.7 Å². The minimum absolute atomic E-state index is 0.0569. The fraction of sp³-hybridized carbons (Fsp3) is 0.474. The first-order valence-electron chi connectivity index (χ1n) is 9.28. The maximum absolute atomic E-state index is 13.0. The van der Waals surface area contributed by atoms with Crippen LogP contribution in [0.5, 0.6) is 0 Å². The topological polar surface area (TPSA) is 112 Å². The third-order valence-electron chi connectivity index (χ3n) is 4.53. The van der Waals surface area contributed by atoms with Gasteiger partial charge in [-0.3, -0.25) is 19.5 Å². The molecule has 3 amide bonds. The molecule has 28 heavy (non-hydrogen) atoms. The molecule has 0 aliphatic heterocycles. The van der Waals surface area contributed by atoms with Gasteiger partial charge >= 0.3 is 6.03 Å². The van der Waals surface area contributed by atoms with E-state index in [1.807, 2.05) is 17.4 Å². The van der Waals surface area contributed by atoms with E-state index in [9.17, 15) is 14.4 Å². The number of carbonyl (C=O) groups is 2. The number of hydrogen-bond acceptors (Lipinski definition) is 5. The van der Waals surface area contributed by atoms with E-state index in [2.05, 4.69) is 32.7 Å². The monoisotopic (exact) mass is 406 g/mol. The lowest BCUT2D eigenvalue weighted by atomic mass is 10.2. The van der Waals surface area contributed by atoms with E-state index in [0.717, 1.165) is 18.3 Å². The van der Waals surface area contributed by atoms with Gasteiger partial charge in [0.2, 0.25) is 5.91 Å². The summed E-state index contributed by atoms with van der Waals surface area (Å²) in [7, 11) is 0. The lowest BCUT2D eigenvalue weighted by molar-refractivity contribution is -0.942. The molecule has 0 fully saturated rings. The van der Waals surface area contributed by atoms with Gasteiger partial charge in [0.25, 0.3) is 5.56 Å². The quantitative estimate of drug-likeness (QED) is 0.434. The molecule has 0 spiro atoms. The molecule has 0 radical (unpaired) electrons. The predicted octanol–water partition coefficient (Wildman–Crippen LogP) is 0.385. The van der Waals surface area contributed by atoms with Crippen LogP contribution in [0.15, 0.2) is 34.2 Å². The zero-order valence-corrected chi connectivity index (χ0v) is 17.5. The Balaban J connectivity index is 2.35. The molecule has 1 aromatic heterocycles. The summed E-state index contributed by atoms with van der Waals surface area (Å²) in [6.07, 6.45) is 0. The molecule has 0 aliphatic rings. The van der Waals surface area contributed by atoms with Crippen molar-refractivity contribution in [3.05, 3.63) is 34.6 Å². The maximum atomic E-state index is 13.0. The Labute approximate surface area is 168 Å². The lowest BCUT2D eigenvalue weighted by Gasteiger charge is -2.28. The third kappa shape index (κ3) is 5.56. The number of nitrogens with one attached hydrogen (secondary N) is 2. The van der Waals surface area contributed by atoms with Crippen LogP contribution in [0.3, 0.4) is 0 Å². The second-order valence-electron chi connectivity index (χ2n) is 7.20. The lowest BCUT2D eigenvalue weighted by Crippen LogP contribution is -3.18. The number of benzene rings is 1. The highest BCUT2D eigenvalue weighted by Crippen LogP contribution is 2.17. The van der Waals surface area contributed by atoms with E-state index >= 15 is 0 Å². The van der Waals surface area contributed by atoms with Gasteiger partial charge in [-0.15, -0.1) is 0 Å². The van der Waals surface area contributed by atoms with Crippen LogP contribution < -0.4 is 21.5 Å². The number of rotatable bonds is 8. The van der Waals surface area contributed by atoms with Crippen molar-refractivity contribution in [3.8, 4) is 0 Å². The molecular formula is C19H28N5O3S+. The number of urea groups is 1. The number of carbonyl (C=O) groups excluding carboxylic acids is 2. The van der Waals surface area contributed by atoms with Crippen LogP contribution in [0.4, 0.5) is 4.79 Å². The summed E-state index contributed by atoms with van der Waals surface area (Å²) in [5, 5.41) is 3.02. The molecule has 8 nitrogen and oxygen atoms in total. The first kappa shape index (κ1) is 21.9. The molecule has 0 bridgehead atoms.